The van der Waals surface area contributed by atoms with Crippen molar-refractivity contribution in [2.24, 2.45) is 0 Å². The Bertz CT molecular complexity index is 613. The van der Waals surface area contributed by atoms with E-state index >= 15 is 0 Å². The molecule has 3 nitrogen and oxygen atoms in total. The van der Waals surface area contributed by atoms with Gasteiger partial charge in [-0.15, -0.1) is 22.9 Å². The van der Waals surface area contributed by atoms with E-state index in [0.717, 1.165) is 29.2 Å². The summed E-state index contributed by atoms with van der Waals surface area (Å²) in [6.45, 7) is 8.46. The summed E-state index contributed by atoms with van der Waals surface area (Å²) in [4.78, 5) is 17.5. The lowest BCUT2D eigenvalue weighted by Gasteiger charge is -2.09. The number of thiazole rings is 1. The summed E-state index contributed by atoms with van der Waals surface area (Å²) in [7, 11) is 0. The van der Waals surface area contributed by atoms with Crippen LogP contribution >= 0.6 is 22.9 Å². The molecule has 0 radical (unpaired) electrons. The molecule has 0 fully saturated rings. The van der Waals surface area contributed by atoms with E-state index in [1.54, 1.807) is 18.3 Å². The highest BCUT2D eigenvalue weighted by atomic mass is 35.5. The average Bonchev–Trinajstić information content (AvgIpc) is 2.87. The van der Waals surface area contributed by atoms with Crippen LogP contribution in [-0.4, -0.2) is 20.7 Å². The van der Waals surface area contributed by atoms with Gasteiger partial charge in [-0.1, -0.05) is 0 Å². The third-order valence-corrected chi connectivity index (χ3v) is 4.47. The molecule has 0 N–H and O–H groups in total. The Morgan fingerprint density at radius 1 is 1.47 bits per heavy atom. The van der Waals surface area contributed by atoms with Gasteiger partial charge in [0.2, 0.25) is 0 Å². The van der Waals surface area contributed by atoms with Crippen LogP contribution in [0, 0.1) is 20.8 Å². The van der Waals surface area contributed by atoms with Gasteiger partial charge in [-0.05, 0) is 33.8 Å². The van der Waals surface area contributed by atoms with Gasteiger partial charge in [0.15, 0.2) is 5.78 Å². The quantitative estimate of drug-likeness (QED) is 0.636. The second kappa shape index (κ2) is 5.47. The van der Waals surface area contributed by atoms with E-state index in [1.165, 1.54) is 4.88 Å². The minimum Gasteiger partial charge on any atom is -0.343 e. The molecule has 0 spiro atoms. The molecule has 19 heavy (non-hydrogen) atoms. The van der Waals surface area contributed by atoms with Crippen LogP contribution in [0.25, 0.3) is 0 Å². The summed E-state index contributed by atoms with van der Waals surface area (Å²) >= 11 is 7.54. The Hall–Kier alpha value is -1.13. The number of nitrogens with zero attached hydrogens (tertiary/aromatic N) is 2. The maximum atomic E-state index is 12.0. The predicted octanol–water partition coefficient (Wildman–Crippen LogP) is 3.73. The first-order valence-corrected chi connectivity index (χ1v) is 7.47. The number of aryl methyl sites for hydroxylation is 2. The van der Waals surface area contributed by atoms with E-state index in [4.69, 9.17) is 11.6 Å². The van der Waals surface area contributed by atoms with Crippen LogP contribution in [0.3, 0.4) is 0 Å². The van der Waals surface area contributed by atoms with E-state index in [9.17, 15) is 4.79 Å². The lowest BCUT2D eigenvalue weighted by atomic mass is 10.1. The van der Waals surface area contributed by atoms with Gasteiger partial charge < -0.3 is 4.57 Å². The molecule has 2 rings (SSSR count). The van der Waals surface area contributed by atoms with Crippen LogP contribution in [0.2, 0.25) is 0 Å². The maximum Gasteiger partial charge on any atom is 0.182 e. The molecule has 1 unspecified atom stereocenters. The zero-order valence-corrected chi connectivity index (χ0v) is 13.1. The number of hydrogen-bond donors (Lipinski definition) is 0. The van der Waals surface area contributed by atoms with Crippen molar-refractivity contribution in [2.75, 3.05) is 0 Å². The first-order valence-electron chi connectivity index (χ1n) is 6.15. The molecular weight excluding hydrogens is 280 g/mol. The molecule has 1 atom stereocenters. The van der Waals surface area contributed by atoms with E-state index < -0.39 is 5.38 Å². The highest BCUT2D eigenvalue weighted by Gasteiger charge is 2.19. The second-order valence-electron chi connectivity index (χ2n) is 4.71. The predicted molar refractivity (Wildman–Crippen MR) is 79.5 cm³/mol. The van der Waals surface area contributed by atoms with E-state index in [-0.39, 0.29) is 5.78 Å². The molecule has 2 aromatic heterocycles. The number of ketones is 1. The fourth-order valence-electron chi connectivity index (χ4n) is 2.13. The first kappa shape index (κ1) is 14.3. The lowest BCUT2D eigenvalue weighted by molar-refractivity contribution is 0.0991. The van der Waals surface area contributed by atoms with Crippen molar-refractivity contribution in [1.82, 2.24) is 9.55 Å². The van der Waals surface area contributed by atoms with Crippen LogP contribution in [0.15, 0.2) is 11.6 Å². The Morgan fingerprint density at radius 3 is 2.68 bits per heavy atom. The summed E-state index contributed by atoms with van der Waals surface area (Å²) < 4.78 is 2.15. The minimum absolute atomic E-state index is 0.0120. The number of carbonyl (C=O) groups excluding carboxylic acids is 1. The van der Waals surface area contributed by atoms with Crippen LogP contribution in [0.5, 0.6) is 0 Å². The largest absolute Gasteiger partial charge is 0.343 e. The van der Waals surface area contributed by atoms with E-state index in [2.05, 4.69) is 9.55 Å². The first-order chi connectivity index (χ1) is 8.91. The molecule has 0 saturated heterocycles. The number of alkyl halides is 1. The summed E-state index contributed by atoms with van der Waals surface area (Å²) in [5.41, 5.74) is 5.68. The fourth-order valence-corrected chi connectivity index (χ4v) is 3.01. The third kappa shape index (κ3) is 2.74. The Labute approximate surface area is 122 Å². The Balaban J connectivity index is 2.37. The molecule has 0 aliphatic carbocycles. The molecule has 0 bridgehead atoms. The molecular formula is C14H17ClN2OS. The molecule has 0 aliphatic rings. The van der Waals surface area contributed by atoms with E-state index in [0.29, 0.717) is 0 Å². The van der Waals surface area contributed by atoms with Crippen molar-refractivity contribution >= 4 is 28.7 Å². The number of Topliss-reactive ketones (excluding diaryl/α,β-unsaturated/α-hetero) is 1. The smallest absolute Gasteiger partial charge is 0.182 e. The zero-order chi connectivity index (χ0) is 14.2. The van der Waals surface area contributed by atoms with Gasteiger partial charge in [0.25, 0.3) is 0 Å². The van der Waals surface area contributed by atoms with Crippen molar-refractivity contribution < 1.29 is 4.79 Å². The molecule has 0 amide bonds. The number of halogens is 1. The highest BCUT2D eigenvalue weighted by molar-refractivity contribution is 7.09. The van der Waals surface area contributed by atoms with E-state index in [1.807, 2.05) is 32.3 Å². The van der Waals surface area contributed by atoms with Crippen molar-refractivity contribution in [3.05, 3.63) is 39.1 Å². The average molecular weight is 297 g/mol. The lowest BCUT2D eigenvalue weighted by Crippen LogP contribution is -2.12. The Morgan fingerprint density at radius 2 is 2.16 bits per heavy atom. The number of carbonyl (C=O) groups is 1. The number of hydrogen-bond acceptors (Lipinski definition) is 3. The van der Waals surface area contributed by atoms with Crippen LogP contribution in [0.4, 0.5) is 0 Å². The molecule has 0 saturated carbocycles. The topological polar surface area (TPSA) is 34.9 Å². The molecule has 102 valence electrons. The standard InChI is InChI=1S/C14H17ClN2OS/c1-8-5-12(14(18)9(2)15)11(4)17(8)6-13-10(3)16-7-19-13/h5,7,9H,6H2,1-4H3. The van der Waals surface area contributed by atoms with Gasteiger partial charge >= 0.3 is 0 Å². The van der Waals surface area contributed by atoms with Gasteiger partial charge in [-0.2, -0.15) is 0 Å². The molecule has 5 heteroatoms. The summed E-state index contributed by atoms with van der Waals surface area (Å²) in [5.74, 6) is -0.0120. The van der Waals surface area contributed by atoms with Crippen LogP contribution < -0.4 is 0 Å². The summed E-state index contributed by atoms with van der Waals surface area (Å²) in [6.07, 6.45) is 0. The van der Waals surface area contributed by atoms with Gasteiger partial charge in [-0.3, -0.25) is 4.79 Å². The minimum atomic E-state index is -0.487. The molecule has 2 aromatic rings. The summed E-state index contributed by atoms with van der Waals surface area (Å²) in [5, 5.41) is -0.487. The molecule has 0 aromatic carbocycles. The van der Waals surface area contributed by atoms with Crippen LogP contribution in [0.1, 0.15) is 39.2 Å². The summed E-state index contributed by atoms with van der Waals surface area (Å²) in [6, 6.07) is 1.92. The van der Waals surface area contributed by atoms with Gasteiger partial charge in [0, 0.05) is 21.8 Å². The van der Waals surface area contributed by atoms with Crippen molar-refractivity contribution in [3.8, 4) is 0 Å². The van der Waals surface area contributed by atoms with Gasteiger partial charge in [0.05, 0.1) is 23.1 Å². The monoisotopic (exact) mass is 296 g/mol. The SMILES string of the molecule is Cc1ncsc1Cn1c(C)cc(C(=O)C(C)Cl)c1C. The van der Waals surface area contributed by atoms with Crippen LogP contribution in [-0.2, 0) is 6.54 Å². The van der Waals surface area contributed by atoms with Crippen molar-refractivity contribution in [3.63, 3.8) is 0 Å². The number of rotatable bonds is 4. The molecule has 2 heterocycles. The van der Waals surface area contributed by atoms with Crippen molar-refractivity contribution in [2.45, 2.75) is 39.6 Å². The van der Waals surface area contributed by atoms with Gasteiger partial charge in [-0.25, -0.2) is 4.98 Å². The fraction of sp³-hybridized carbons (Fsp3) is 0.429. The second-order valence-corrected chi connectivity index (χ2v) is 6.31. The zero-order valence-electron chi connectivity index (χ0n) is 11.5. The normalized spacial score (nSPS) is 12.7. The van der Waals surface area contributed by atoms with Crippen molar-refractivity contribution in [1.29, 1.82) is 0 Å². The Kier molecular flexibility index (Phi) is 4.11. The van der Waals surface area contributed by atoms with Gasteiger partial charge in [0.1, 0.15) is 0 Å². The third-order valence-electron chi connectivity index (χ3n) is 3.35. The maximum absolute atomic E-state index is 12.0. The molecule has 0 aliphatic heterocycles. The number of aromatic nitrogens is 2. The highest BCUT2D eigenvalue weighted by Crippen LogP contribution is 2.22.